The predicted molar refractivity (Wildman–Crippen MR) is 86.5 cm³/mol. The van der Waals surface area contributed by atoms with Crippen LogP contribution < -0.4 is 5.32 Å². The number of para-hydroxylation sites is 1. The number of piperidine rings is 1. The zero-order chi connectivity index (χ0) is 13.8. The summed E-state index contributed by atoms with van der Waals surface area (Å²) < 4.78 is 1.24. The highest BCUT2D eigenvalue weighted by atomic mass is 127. The van der Waals surface area contributed by atoms with E-state index in [9.17, 15) is 4.79 Å². The average Bonchev–Trinajstić information content (AvgIpc) is 2.41. The van der Waals surface area contributed by atoms with Gasteiger partial charge in [-0.05, 0) is 47.6 Å². The van der Waals surface area contributed by atoms with Gasteiger partial charge >= 0.3 is 6.03 Å². The number of nitrogens with zero attached hydrogens (tertiary/aromatic N) is 2. The number of amides is 2. The Kier molecular flexibility index (Phi) is 4.90. The SMILES string of the molecule is CN(C)C(=O)N1CCC(Nc2ccccc2I)CC1. The van der Waals surface area contributed by atoms with Crippen molar-refractivity contribution in [3.05, 3.63) is 27.8 Å². The molecule has 2 amide bonds. The third-order valence-electron chi connectivity index (χ3n) is 3.38. The van der Waals surface area contributed by atoms with Crippen LogP contribution in [0.1, 0.15) is 12.8 Å². The molecule has 0 spiro atoms. The van der Waals surface area contributed by atoms with Crippen molar-refractivity contribution in [2.75, 3.05) is 32.5 Å². The first-order chi connectivity index (χ1) is 9.08. The van der Waals surface area contributed by atoms with Gasteiger partial charge in [0.1, 0.15) is 0 Å². The Morgan fingerprint density at radius 3 is 2.53 bits per heavy atom. The molecule has 2 rings (SSSR count). The average molecular weight is 373 g/mol. The predicted octanol–water partition coefficient (Wildman–Crippen LogP) is 2.85. The molecule has 0 bridgehead atoms. The quantitative estimate of drug-likeness (QED) is 0.810. The molecule has 1 N–H and O–H groups in total. The lowest BCUT2D eigenvalue weighted by atomic mass is 10.0. The molecule has 1 saturated heterocycles. The summed E-state index contributed by atoms with van der Waals surface area (Å²) in [6, 6.07) is 8.89. The molecular weight excluding hydrogens is 353 g/mol. The summed E-state index contributed by atoms with van der Waals surface area (Å²) in [5.41, 5.74) is 1.19. The van der Waals surface area contributed by atoms with Gasteiger partial charge in [-0.1, -0.05) is 12.1 Å². The second-order valence-electron chi connectivity index (χ2n) is 5.06. The molecule has 0 atom stereocenters. The Balaban J connectivity index is 1.87. The Bertz CT molecular complexity index is 442. The second-order valence-corrected chi connectivity index (χ2v) is 6.22. The largest absolute Gasteiger partial charge is 0.381 e. The van der Waals surface area contributed by atoms with Gasteiger partial charge in [-0.2, -0.15) is 0 Å². The molecule has 0 radical (unpaired) electrons. The van der Waals surface area contributed by atoms with E-state index in [0.29, 0.717) is 6.04 Å². The molecule has 104 valence electrons. The normalized spacial score (nSPS) is 16.3. The lowest BCUT2D eigenvalue weighted by molar-refractivity contribution is 0.158. The first kappa shape index (κ1) is 14.4. The maximum absolute atomic E-state index is 11.8. The number of hydrogen-bond donors (Lipinski definition) is 1. The lowest BCUT2D eigenvalue weighted by Crippen LogP contribution is -2.46. The van der Waals surface area contributed by atoms with Crippen LogP contribution in [0.4, 0.5) is 10.5 Å². The highest BCUT2D eigenvalue weighted by Crippen LogP contribution is 2.21. The monoisotopic (exact) mass is 373 g/mol. The van der Waals surface area contributed by atoms with Crippen molar-refractivity contribution in [3.63, 3.8) is 0 Å². The van der Waals surface area contributed by atoms with E-state index in [-0.39, 0.29) is 6.03 Å². The third kappa shape index (κ3) is 3.75. The minimum atomic E-state index is 0.118. The highest BCUT2D eigenvalue weighted by Gasteiger charge is 2.23. The summed E-state index contributed by atoms with van der Waals surface area (Å²) in [6.07, 6.45) is 2.01. The zero-order valence-electron chi connectivity index (χ0n) is 11.4. The number of likely N-dealkylation sites (tertiary alicyclic amines) is 1. The lowest BCUT2D eigenvalue weighted by Gasteiger charge is -2.34. The van der Waals surface area contributed by atoms with Crippen LogP contribution in [0.15, 0.2) is 24.3 Å². The molecule has 1 aliphatic rings. The number of rotatable bonds is 2. The molecular formula is C14H20IN3O. The van der Waals surface area contributed by atoms with E-state index in [2.05, 4.69) is 46.1 Å². The van der Waals surface area contributed by atoms with E-state index >= 15 is 0 Å². The highest BCUT2D eigenvalue weighted by molar-refractivity contribution is 14.1. The summed E-state index contributed by atoms with van der Waals surface area (Å²) >= 11 is 2.35. The van der Waals surface area contributed by atoms with Crippen LogP contribution >= 0.6 is 22.6 Å². The van der Waals surface area contributed by atoms with Crippen molar-refractivity contribution in [1.82, 2.24) is 9.80 Å². The molecule has 0 aliphatic carbocycles. The minimum absolute atomic E-state index is 0.118. The van der Waals surface area contributed by atoms with Crippen LogP contribution in [0.2, 0.25) is 0 Å². The molecule has 19 heavy (non-hydrogen) atoms. The van der Waals surface area contributed by atoms with Gasteiger partial charge < -0.3 is 15.1 Å². The molecule has 1 heterocycles. The van der Waals surface area contributed by atoms with Crippen LogP contribution in [-0.2, 0) is 0 Å². The summed E-state index contributed by atoms with van der Waals surface area (Å²) in [7, 11) is 3.61. The molecule has 1 aromatic rings. The maximum Gasteiger partial charge on any atom is 0.319 e. The maximum atomic E-state index is 11.8. The van der Waals surface area contributed by atoms with Crippen molar-refractivity contribution in [2.24, 2.45) is 0 Å². The molecule has 1 aliphatic heterocycles. The fourth-order valence-corrected chi connectivity index (χ4v) is 2.84. The molecule has 1 aromatic carbocycles. The first-order valence-corrected chi connectivity index (χ1v) is 7.63. The number of carbonyl (C=O) groups excluding carboxylic acids is 1. The Labute approximate surface area is 128 Å². The van der Waals surface area contributed by atoms with Gasteiger partial charge in [-0.15, -0.1) is 0 Å². The molecule has 5 heteroatoms. The van der Waals surface area contributed by atoms with Gasteiger partial charge in [-0.3, -0.25) is 0 Å². The molecule has 1 fully saturated rings. The Hall–Kier alpha value is -0.980. The molecule has 0 unspecified atom stereocenters. The minimum Gasteiger partial charge on any atom is -0.381 e. The molecule has 0 saturated carbocycles. The van der Waals surface area contributed by atoms with Crippen LogP contribution in [0.5, 0.6) is 0 Å². The fraction of sp³-hybridized carbons (Fsp3) is 0.500. The first-order valence-electron chi connectivity index (χ1n) is 6.55. The fourth-order valence-electron chi connectivity index (χ4n) is 2.30. The van der Waals surface area contributed by atoms with Gasteiger partial charge in [0.2, 0.25) is 0 Å². The number of halogens is 1. The summed E-state index contributed by atoms with van der Waals surface area (Å²) in [6.45, 7) is 1.66. The van der Waals surface area contributed by atoms with Crippen molar-refractivity contribution in [3.8, 4) is 0 Å². The van der Waals surface area contributed by atoms with E-state index in [4.69, 9.17) is 0 Å². The van der Waals surface area contributed by atoms with E-state index in [1.807, 2.05) is 11.0 Å². The number of carbonyl (C=O) groups is 1. The smallest absolute Gasteiger partial charge is 0.319 e. The van der Waals surface area contributed by atoms with Gasteiger partial charge in [0.25, 0.3) is 0 Å². The third-order valence-corrected chi connectivity index (χ3v) is 4.32. The number of benzene rings is 1. The van der Waals surface area contributed by atoms with Gasteiger partial charge in [0.05, 0.1) is 0 Å². The number of hydrogen-bond acceptors (Lipinski definition) is 2. The number of anilines is 1. The van der Waals surface area contributed by atoms with Crippen LogP contribution in [-0.4, -0.2) is 49.1 Å². The van der Waals surface area contributed by atoms with Crippen molar-refractivity contribution in [2.45, 2.75) is 18.9 Å². The Morgan fingerprint density at radius 2 is 1.95 bits per heavy atom. The van der Waals surface area contributed by atoms with Crippen LogP contribution in [0.25, 0.3) is 0 Å². The topological polar surface area (TPSA) is 35.6 Å². The van der Waals surface area contributed by atoms with Crippen molar-refractivity contribution in [1.29, 1.82) is 0 Å². The molecule has 4 nitrogen and oxygen atoms in total. The summed E-state index contributed by atoms with van der Waals surface area (Å²) in [4.78, 5) is 15.4. The Morgan fingerprint density at radius 1 is 1.32 bits per heavy atom. The number of nitrogens with one attached hydrogen (secondary N) is 1. The number of urea groups is 1. The molecule has 0 aromatic heterocycles. The zero-order valence-corrected chi connectivity index (χ0v) is 13.6. The summed E-state index contributed by atoms with van der Waals surface area (Å²) in [5, 5.41) is 3.58. The van der Waals surface area contributed by atoms with E-state index in [1.54, 1.807) is 19.0 Å². The van der Waals surface area contributed by atoms with Crippen molar-refractivity contribution >= 4 is 34.3 Å². The van der Waals surface area contributed by atoms with E-state index < -0.39 is 0 Å². The van der Waals surface area contributed by atoms with Gasteiger partial charge in [0, 0.05) is 42.5 Å². The standard InChI is InChI=1S/C14H20IN3O/c1-17(2)14(19)18-9-7-11(8-10-18)16-13-6-4-3-5-12(13)15/h3-6,11,16H,7-10H2,1-2H3. The van der Waals surface area contributed by atoms with Gasteiger partial charge in [-0.25, -0.2) is 4.79 Å². The summed E-state index contributed by atoms with van der Waals surface area (Å²) in [5.74, 6) is 0. The second kappa shape index (κ2) is 6.45. The van der Waals surface area contributed by atoms with Gasteiger partial charge in [0.15, 0.2) is 0 Å². The van der Waals surface area contributed by atoms with Crippen molar-refractivity contribution < 1.29 is 4.79 Å². The van der Waals surface area contributed by atoms with Crippen LogP contribution in [0.3, 0.4) is 0 Å². The van der Waals surface area contributed by atoms with E-state index in [1.165, 1.54) is 9.26 Å². The van der Waals surface area contributed by atoms with Crippen LogP contribution in [0, 0.1) is 3.57 Å². The van der Waals surface area contributed by atoms with E-state index in [0.717, 1.165) is 25.9 Å².